The molecular formula is C19H14F14O8. The minimum absolute atomic E-state index is 0.370. The second kappa shape index (κ2) is 11.5. The fourth-order valence-corrected chi connectivity index (χ4v) is 2.92. The van der Waals surface area contributed by atoms with Crippen LogP contribution in [-0.4, -0.2) is 78.4 Å². The molecule has 0 spiro atoms. The van der Waals surface area contributed by atoms with Crippen LogP contribution in [0.1, 0.15) is 25.7 Å². The molecule has 41 heavy (non-hydrogen) atoms. The molecule has 236 valence electrons. The summed E-state index contributed by atoms with van der Waals surface area (Å²) < 4.78 is 200. The topological polar surface area (TPSA) is 105 Å². The van der Waals surface area contributed by atoms with Crippen LogP contribution in [0, 0.1) is 0 Å². The van der Waals surface area contributed by atoms with Gasteiger partial charge in [-0.2, -0.15) is 61.5 Å². The van der Waals surface area contributed by atoms with Crippen LogP contribution in [0.5, 0.6) is 0 Å². The molecule has 0 heterocycles. The molecule has 1 unspecified atom stereocenters. The molecule has 0 bridgehead atoms. The molecule has 0 aliphatic heterocycles. The van der Waals surface area contributed by atoms with E-state index in [1.165, 1.54) is 0 Å². The Morgan fingerprint density at radius 1 is 0.732 bits per heavy atom. The molecule has 0 aromatic heterocycles. The molecule has 1 atom stereocenters. The first-order valence-electron chi connectivity index (χ1n) is 10.3. The molecule has 1 fully saturated rings. The summed E-state index contributed by atoms with van der Waals surface area (Å²) in [6, 6.07) is 0. The van der Waals surface area contributed by atoms with E-state index in [1.54, 1.807) is 0 Å². The van der Waals surface area contributed by atoms with Gasteiger partial charge in [-0.25, -0.2) is 19.2 Å². The fourth-order valence-electron chi connectivity index (χ4n) is 2.92. The van der Waals surface area contributed by atoms with E-state index in [0.717, 1.165) is 0 Å². The Labute approximate surface area is 217 Å². The highest BCUT2D eigenvalue weighted by atomic mass is 19.4. The number of halogens is 14. The molecule has 0 aromatic carbocycles. The maximum atomic E-state index is 13.9. The number of alkyl halides is 14. The Hall–Kier alpha value is -3.36. The number of hydrogen-bond donors (Lipinski definition) is 0. The van der Waals surface area contributed by atoms with Gasteiger partial charge in [-0.05, 0) is 19.3 Å². The molecule has 1 aliphatic carbocycles. The molecule has 8 nitrogen and oxygen atoms in total. The van der Waals surface area contributed by atoms with Gasteiger partial charge in [0, 0.05) is 12.5 Å². The van der Waals surface area contributed by atoms with Gasteiger partial charge in [-0.3, -0.25) is 0 Å². The lowest BCUT2D eigenvalue weighted by atomic mass is 9.90. The van der Waals surface area contributed by atoms with E-state index in [4.69, 9.17) is 0 Å². The summed E-state index contributed by atoms with van der Waals surface area (Å²) in [4.78, 5) is 46.6. The zero-order valence-corrected chi connectivity index (χ0v) is 19.5. The van der Waals surface area contributed by atoms with E-state index in [9.17, 15) is 80.6 Å². The van der Waals surface area contributed by atoms with Gasteiger partial charge in [0.25, 0.3) is 5.79 Å². The van der Waals surface area contributed by atoms with Crippen molar-refractivity contribution in [3.63, 3.8) is 0 Å². The summed E-state index contributed by atoms with van der Waals surface area (Å²) in [5, 5.41) is 0. The molecule has 0 saturated heterocycles. The van der Waals surface area contributed by atoms with Gasteiger partial charge in [-0.1, -0.05) is 6.58 Å². The monoisotopic (exact) mass is 636 g/mol. The number of rotatable bonds is 10. The summed E-state index contributed by atoms with van der Waals surface area (Å²) in [6.07, 6.45) is -20.4. The second-order valence-electron chi connectivity index (χ2n) is 7.92. The first-order chi connectivity index (χ1) is 18.2. The number of hydrogen-bond acceptors (Lipinski definition) is 8. The van der Waals surface area contributed by atoms with E-state index in [1.807, 2.05) is 0 Å². The van der Waals surface area contributed by atoms with Crippen LogP contribution >= 0.6 is 0 Å². The van der Waals surface area contributed by atoms with E-state index in [0.29, 0.717) is 6.08 Å². The third kappa shape index (κ3) is 6.93. The van der Waals surface area contributed by atoms with Gasteiger partial charge in [0.15, 0.2) is 12.7 Å². The van der Waals surface area contributed by atoms with Crippen LogP contribution in [0.3, 0.4) is 0 Å². The highest BCUT2D eigenvalue weighted by Crippen LogP contribution is 2.50. The molecule has 0 N–H and O–H groups in total. The first-order valence-corrected chi connectivity index (χ1v) is 10.3. The molecule has 0 aromatic rings. The number of carbonyl (C=O) groups excluding carboxylic acids is 4. The third-order valence-corrected chi connectivity index (χ3v) is 5.05. The van der Waals surface area contributed by atoms with Gasteiger partial charge in [-0.15, -0.1) is 0 Å². The molecular weight excluding hydrogens is 622 g/mol. The quantitative estimate of drug-likeness (QED) is 0.112. The van der Waals surface area contributed by atoms with Crippen molar-refractivity contribution in [3.8, 4) is 0 Å². The lowest BCUT2D eigenvalue weighted by Crippen LogP contribution is -2.63. The van der Waals surface area contributed by atoms with Crippen molar-refractivity contribution in [1.82, 2.24) is 0 Å². The Morgan fingerprint density at radius 2 is 1.15 bits per heavy atom. The van der Waals surface area contributed by atoms with Gasteiger partial charge in [0.2, 0.25) is 0 Å². The van der Waals surface area contributed by atoms with Crippen LogP contribution in [0.25, 0.3) is 0 Å². The van der Waals surface area contributed by atoms with Crippen LogP contribution in [0.2, 0.25) is 0 Å². The van der Waals surface area contributed by atoms with Crippen molar-refractivity contribution in [3.05, 3.63) is 12.7 Å². The summed E-state index contributed by atoms with van der Waals surface area (Å²) in [5.74, 6) is -44.0. The molecule has 1 rings (SSSR count). The predicted octanol–water partition coefficient (Wildman–Crippen LogP) is 4.65. The maximum Gasteiger partial charge on any atom is 0.460 e. The number of ether oxygens (including phenoxy) is 4. The second-order valence-corrected chi connectivity index (χ2v) is 7.92. The average Bonchev–Trinajstić information content (AvgIpc) is 2.82. The van der Waals surface area contributed by atoms with Crippen LogP contribution < -0.4 is 0 Å². The van der Waals surface area contributed by atoms with Gasteiger partial charge >= 0.3 is 59.9 Å². The summed E-state index contributed by atoms with van der Waals surface area (Å²) in [6.45, 7) is 1.41. The molecule has 1 aliphatic rings. The smallest absolute Gasteiger partial charge is 0.452 e. The Kier molecular flexibility index (Phi) is 10.00. The molecule has 22 heteroatoms. The molecule has 1 saturated carbocycles. The number of carbonyl (C=O) groups is 4. The Bertz CT molecular complexity index is 982. The standard InChI is InChI=1S/C19H14F14O8/c1-2-9(34)38-7-10(35)39-8-5-3-4-6-13(8,40-11(36)14(20,21)16(24,25)18(28,29)30)41-12(37)15(22,23)17(26,27)19(31,32)33/h2,8H,1,3-7H2. The van der Waals surface area contributed by atoms with Crippen molar-refractivity contribution in [2.75, 3.05) is 6.61 Å². The van der Waals surface area contributed by atoms with Gasteiger partial charge < -0.3 is 18.9 Å². The Morgan fingerprint density at radius 3 is 1.51 bits per heavy atom. The third-order valence-electron chi connectivity index (χ3n) is 5.05. The van der Waals surface area contributed by atoms with Crippen LogP contribution in [0.4, 0.5) is 61.5 Å². The summed E-state index contributed by atoms with van der Waals surface area (Å²) in [5.41, 5.74) is 0. The highest BCUT2D eigenvalue weighted by Gasteiger charge is 2.80. The van der Waals surface area contributed by atoms with E-state index >= 15 is 0 Å². The minimum Gasteiger partial charge on any atom is -0.452 e. The van der Waals surface area contributed by atoms with Crippen molar-refractivity contribution in [2.24, 2.45) is 0 Å². The summed E-state index contributed by atoms with van der Waals surface area (Å²) in [7, 11) is 0. The maximum absolute atomic E-state index is 13.9. The minimum atomic E-state index is -7.28. The van der Waals surface area contributed by atoms with Crippen LogP contribution in [0.15, 0.2) is 12.7 Å². The molecule has 0 radical (unpaired) electrons. The lowest BCUT2D eigenvalue weighted by molar-refractivity contribution is -0.365. The number of esters is 4. The molecule has 0 amide bonds. The fraction of sp³-hybridized carbons (Fsp3) is 0.684. The van der Waals surface area contributed by atoms with Crippen molar-refractivity contribution >= 4 is 23.9 Å². The first kappa shape index (κ1) is 35.7. The van der Waals surface area contributed by atoms with Gasteiger partial charge in [0.05, 0.1) is 0 Å². The lowest BCUT2D eigenvalue weighted by Gasteiger charge is -2.42. The predicted molar refractivity (Wildman–Crippen MR) is 96.3 cm³/mol. The zero-order chi connectivity index (χ0) is 32.5. The van der Waals surface area contributed by atoms with Crippen LogP contribution in [-0.2, 0) is 38.1 Å². The van der Waals surface area contributed by atoms with E-state index < -0.39 is 97.7 Å². The van der Waals surface area contributed by atoms with Crippen molar-refractivity contribution in [1.29, 1.82) is 0 Å². The highest BCUT2D eigenvalue weighted by molar-refractivity contribution is 5.84. The zero-order valence-electron chi connectivity index (χ0n) is 19.5. The van der Waals surface area contributed by atoms with E-state index in [2.05, 4.69) is 25.5 Å². The Balaban J connectivity index is 3.62. The normalized spacial score (nSPS) is 18.6. The van der Waals surface area contributed by atoms with E-state index in [-0.39, 0.29) is 6.42 Å². The van der Waals surface area contributed by atoms with Crippen molar-refractivity contribution in [2.45, 2.75) is 73.6 Å². The SMILES string of the molecule is C=CC(=O)OCC(=O)OC1CCCCC1(OC(=O)C(F)(F)C(F)(F)C(F)(F)F)OC(=O)C(F)(F)C(F)(F)C(F)(F)F. The summed E-state index contributed by atoms with van der Waals surface area (Å²) >= 11 is 0. The van der Waals surface area contributed by atoms with Gasteiger partial charge in [0.1, 0.15) is 0 Å². The largest absolute Gasteiger partial charge is 0.460 e. The average molecular weight is 636 g/mol. The van der Waals surface area contributed by atoms with Crippen molar-refractivity contribution < 1.29 is 99.6 Å².